The number of halogens is 3. The predicted octanol–water partition coefficient (Wildman–Crippen LogP) is 6.70. The second-order valence-electron chi connectivity index (χ2n) is 9.13. The Morgan fingerprint density at radius 2 is 1.65 bits per heavy atom. The number of nitrogens with one attached hydrogen (secondary N) is 1. The monoisotopic (exact) mass is 634 g/mol. The lowest BCUT2D eigenvalue weighted by Gasteiger charge is -2.20. The smallest absolute Gasteiger partial charge is 0.338 e. The SMILES string of the molecule is CN(Cc1ccccc1Oc1ccc(Br)cc1F)C(=O)C(=O)Nc1cc(Br)cc(C(=O)OC(C)(C)C)c1. The molecule has 7 nitrogen and oxygen atoms in total. The first-order chi connectivity index (χ1) is 17.3. The molecule has 0 aliphatic heterocycles. The summed E-state index contributed by atoms with van der Waals surface area (Å²) in [6.45, 7) is 5.28. The minimum atomic E-state index is -0.895. The van der Waals surface area contributed by atoms with Crippen molar-refractivity contribution in [1.82, 2.24) is 4.90 Å². The summed E-state index contributed by atoms with van der Waals surface area (Å²) in [7, 11) is 1.46. The number of ether oxygens (including phenoxy) is 2. The minimum absolute atomic E-state index is 0.0258. The largest absolute Gasteiger partial charge is 0.456 e. The summed E-state index contributed by atoms with van der Waals surface area (Å²) < 4.78 is 26.5. The highest BCUT2D eigenvalue weighted by Crippen LogP contribution is 2.30. The van der Waals surface area contributed by atoms with Gasteiger partial charge in [0.15, 0.2) is 11.6 Å². The van der Waals surface area contributed by atoms with E-state index in [1.807, 2.05) is 0 Å². The van der Waals surface area contributed by atoms with Crippen molar-refractivity contribution in [2.24, 2.45) is 0 Å². The Balaban J connectivity index is 1.71. The lowest BCUT2D eigenvalue weighted by Crippen LogP contribution is -2.36. The van der Waals surface area contributed by atoms with E-state index in [9.17, 15) is 18.8 Å². The van der Waals surface area contributed by atoms with Gasteiger partial charge in [0.05, 0.1) is 5.56 Å². The van der Waals surface area contributed by atoms with Crippen LogP contribution in [-0.4, -0.2) is 35.3 Å². The number of rotatable bonds is 6. The molecule has 0 spiro atoms. The lowest BCUT2D eigenvalue weighted by molar-refractivity contribution is -0.142. The van der Waals surface area contributed by atoms with Crippen LogP contribution in [0, 0.1) is 5.82 Å². The molecule has 2 amide bonds. The fraction of sp³-hybridized carbons (Fsp3) is 0.222. The Hall–Kier alpha value is -3.24. The standard InChI is InChI=1S/C27H25Br2FN2O5/c1-27(2,3)37-26(35)17-11-19(29)13-20(12-17)31-24(33)25(34)32(4)15-16-7-5-6-8-22(16)36-23-10-9-18(28)14-21(23)30/h5-14H,15H2,1-4H3,(H,31,33). The number of esters is 1. The Morgan fingerprint density at radius 1 is 0.946 bits per heavy atom. The zero-order valence-electron chi connectivity index (χ0n) is 20.6. The Kier molecular flexibility index (Phi) is 9.09. The highest BCUT2D eigenvalue weighted by molar-refractivity contribution is 9.10. The molecule has 0 aliphatic carbocycles. The zero-order chi connectivity index (χ0) is 27.3. The van der Waals surface area contributed by atoms with Crippen molar-refractivity contribution in [1.29, 1.82) is 0 Å². The van der Waals surface area contributed by atoms with Crippen LogP contribution in [0.5, 0.6) is 11.5 Å². The van der Waals surface area contributed by atoms with Gasteiger partial charge in [-0.05, 0) is 63.2 Å². The maximum Gasteiger partial charge on any atom is 0.338 e. The van der Waals surface area contributed by atoms with E-state index in [2.05, 4.69) is 37.2 Å². The number of likely N-dealkylation sites (N-methyl/N-ethyl adjacent to an activating group) is 1. The van der Waals surface area contributed by atoms with Gasteiger partial charge in [0, 0.05) is 33.8 Å². The van der Waals surface area contributed by atoms with Gasteiger partial charge in [-0.1, -0.05) is 50.1 Å². The second kappa shape index (κ2) is 11.9. The Morgan fingerprint density at radius 3 is 2.32 bits per heavy atom. The van der Waals surface area contributed by atoms with Gasteiger partial charge in [-0.2, -0.15) is 0 Å². The van der Waals surface area contributed by atoms with Crippen molar-refractivity contribution in [3.63, 3.8) is 0 Å². The van der Waals surface area contributed by atoms with Gasteiger partial charge in [-0.3, -0.25) is 9.59 Å². The van der Waals surface area contributed by atoms with Gasteiger partial charge in [-0.15, -0.1) is 0 Å². The van der Waals surface area contributed by atoms with Gasteiger partial charge >= 0.3 is 17.8 Å². The van der Waals surface area contributed by atoms with Crippen molar-refractivity contribution in [2.45, 2.75) is 32.9 Å². The maximum absolute atomic E-state index is 14.3. The van der Waals surface area contributed by atoms with E-state index in [0.717, 1.165) is 0 Å². The fourth-order valence-electron chi connectivity index (χ4n) is 3.21. The number of carbonyl (C=O) groups excluding carboxylic acids is 3. The number of nitrogens with zero attached hydrogens (tertiary/aromatic N) is 1. The van der Waals surface area contributed by atoms with E-state index in [1.165, 1.54) is 30.1 Å². The van der Waals surface area contributed by atoms with E-state index < -0.39 is 29.2 Å². The molecule has 3 rings (SSSR count). The van der Waals surface area contributed by atoms with Crippen LogP contribution in [0.1, 0.15) is 36.7 Å². The van der Waals surface area contributed by atoms with Crippen molar-refractivity contribution < 1.29 is 28.2 Å². The molecule has 0 aliphatic rings. The van der Waals surface area contributed by atoms with Gasteiger partial charge in [-0.25, -0.2) is 9.18 Å². The van der Waals surface area contributed by atoms with E-state index in [4.69, 9.17) is 9.47 Å². The number of amides is 2. The van der Waals surface area contributed by atoms with Crippen LogP contribution >= 0.6 is 31.9 Å². The van der Waals surface area contributed by atoms with E-state index in [0.29, 0.717) is 20.3 Å². The highest BCUT2D eigenvalue weighted by atomic mass is 79.9. The van der Waals surface area contributed by atoms with Crippen LogP contribution < -0.4 is 10.1 Å². The highest BCUT2D eigenvalue weighted by Gasteiger charge is 2.23. The summed E-state index contributed by atoms with van der Waals surface area (Å²) in [5.41, 5.74) is 0.344. The molecule has 3 aromatic carbocycles. The van der Waals surface area contributed by atoms with Crippen molar-refractivity contribution in [3.05, 3.63) is 86.6 Å². The molecular formula is C27H25Br2FN2O5. The van der Waals surface area contributed by atoms with Crippen LogP contribution in [-0.2, 0) is 20.9 Å². The summed E-state index contributed by atoms with van der Waals surface area (Å²) in [4.78, 5) is 39.1. The van der Waals surface area contributed by atoms with Crippen LogP contribution in [0.2, 0.25) is 0 Å². The van der Waals surface area contributed by atoms with Crippen LogP contribution in [0.15, 0.2) is 69.6 Å². The second-order valence-corrected chi connectivity index (χ2v) is 11.0. The van der Waals surface area contributed by atoms with Gasteiger partial charge in [0.2, 0.25) is 0 Å². The van der Waals surface area contributed by atoms with E-state index >= 15 is 0 Å². The summed E-state index contributed by atoms with van der Waals surface area (Å²) in [6.07, 6.45) is 0. The molecule has 37 heavy (non-hydrogen) atoms. The van der Waals surface area contributed by atoms with Crippen molar-refractivity contribution in [2.75, 3.05) is 12.4 Å². The molecule has 0 atom stereocenters. The molecule has 0 aromatic heterocycles. The average molecular weight is 636 g/mol. The van der Waals surface area contributed by atoms with Crippen molar-refractivity contribution in [3.8, 4) is 11.5 Å². The zero-order valence-corrected chi connectivity index (χ0v) is 23.8. The topological polar surface area (TPSA) is 84.9 Å². The minimum Gasteiger partial charge on any atom is -0.456 e. The maximum atomic E-state index is 14.3. The molecule has 10 heteroatoms. The van der Waals surface area contributed by atoms with Gasteiger partial charge < -0.3 is 19.7 Å². The predicted molar refractivity (Wildman–Crippen MR) is 145 cm³/mol. The fourth-order valence-corrected chi connectivity index (χ4v) is 4.04. The quantitative estimate of drug-likeness (QED) is 0.241. The summed E-state index contributed by atoms with van der Waals surface area (Å²) in [5.74, 6) is -2.45. The van der Waals surface area contributed by atoms with Gasteiger partial charge in [0.25, 0.3) is 0 Å². The Bertz CT molecular complexity index is 1340. The number of benzene rings is 3. The first-order valence-corrected chi connectivity index (χ1v) is 12.7. The first-order valence-electron chi connectivity index (χ1n) is 11.1. The third kappa shape index (κ3) is 8.13. The molecule has 0 radical (unpaired) electrons. The molecule has 194 valence electrons. The van der Waals surface area contributed by atoms with Crippen LogP contribution in [0.3, 0.4) is 0 Å². The Labute approximate surface area is 231 Å². The third-order valence-electron chi connectivity index (χ3n) is 4.83. The molecule has 1 N–H and O–H groups in total. The third-order valence-corrected chi connectivity index (χ3v) is 5.78. The van der Waals surface area contributed by atoms with Gasteiger partial charge in [0.1, 0.15) is 11.4 Å². The molecule has 0 unspecified atom stereocenters. The van der Waals surface area contributed by atoms with E-state index in [-0.39, 0.29) is 23.5 Å². The molecule has 0 saturated heterocycles. The number of anilines is 1. The van der Waals surface area contributed by atoms with Crippen LogP contribution in [0.25, 0.3) is 0 Å². The van der Waals surface area contributed by atoms with Crippen molar-refractivity contribution >= 4 is 55.3 Å². The number of hydrogen-bond donors (Lipinski definition) is 1. The average Bonchev–Trinajstić information content (AvgIpc) is 2.80. The number of para-hydroxylation sites is 1. The molecule has 3 aromatic rings. The first kappa shape index (κ1) is 28.3. The molecule has 0 saturated carbocycles. The summed E-state index contributed by atoms with van der Waals surface area (Å²) >= 11 is 6.51. The normalized spacial score (nSPS) is 11.0. The molecule has 0 bridgehead atoms. The van der Waals surface area contributed by atoms with Crippen LogP contribution in [0.4, 0.5) is 10.1 Å². The lowest BCUT2D eigenvalue weighted by atomic mass is 10.1. The number of hydrogen-bond acceptors (Lipinski definition) is 5. The number of carbonyl (C=O) groups is 3. The van der Waals surface area contributed by atoms with E-state index in [1.54, 1.807) is 63.2 Å². The molecule has 0 heterocycles. The summed E-state index contributed by atoms with van der Waals surface area (Å²) in [5, 5.41) is 2.52. The molecule has 0 fully saturated rings. The summed E-state index contributed by atoms with van der Waals surface area (Å²) in [6, 6.07) is 15.8. The molecular weight excluding hydrogens is 611 g/mol.